The number of benzene rings is 2. The van der Waals surface area contributed by atoms with Gasteiger partial charge in [-0.3, -0.25) is 19.7 Å². The van der Waals surface area contributed by atoms with Gasteiger partial charge in [0.1, 0.15) is 0 Å². The van der Waals surface area contributed by atoms with E-state index in [0.29, 0.717) is 29.8 Å². The van der Waals surface area contributed by atoms with Crippen molar-refractivity contribution >= 4 is 22.5 Å². The van der Waals surface area contributed by atoms with Gasteiger partial charge in [-0.25, -0.2) is 0 Å². The SMILES string of the molecule is Cc1ccc(C(=O)Nc2ccc(CN3CCN(C)CC3)c(C(F)(F)F)c2)cc1C#Cc1cncc2ncccc12. The lowest BCUT2D eigenvalue weighted by molar-refractivity contribution is -0.138. The van der Waals surface area contributed by atoms with E-state index in [1.165, 1.54) is 12.1 Å². The van der Waals surface area contributed by atoms with Gasteiger partial charge in [0, 0.05) is 67.3 Å². The van der Waals surface area contributed by atoms with E-state index < -0.39 is 17.6 Å². The number of aryl methyl sites for hydroxylation is 1. The number of nitrogens with zero attached hydrogens (tertiary/aromatic N) is 4. The lowest BCUT2D eigenvalue weighted by Gasteiger charge is -2.33. The van der Waals surface area contributed by atoms with Gasteiger partial charge in [-0.15, -0.1) is 0 Å². The molecule has 0 spiro atoms. The predicted octanol–water partition coefficient (Wildman–Crippen LogP) is 5.36. The first kappa shape index (κ1) is 27.3. The van der Waals surface area contributed by atoms with Crippen LogP contribution in [0.3, 0.4) is 0 Å². The third kappa shape index (κ3) is 6.30. The molecule has 1 fully saturated rings. The quantitative estimate of drug-likeness (QED) is 0.352. The van der Waals surface area contributed by atoms with Gasteiger partial charge < -0.3 is 10.2 Å². The highest BCUT2D eigenvalue weighted by Gasteiger charge is 2.34. The topological polar surface area (TPSA) is 61.4 Å². The Labute approximate surface area is 230 Å². The zero-order valence-corrected chi connectivity index (χ0v) is 22.2. The predicted molar refractivity (Wildman–Crippen MR) is 149 cm³/mol. The van der Waals surface area contributed by atoms with Gasteiger partial charge in [0.2, 0.25) is 0 Å². The number of hydrogen-bond acceptors (Lipinski definition) is 5. The average molecular weight is 544 g/mol. The Morgan fingerprint density at radius 3 is 2.55 bits per heavy atom. The fraction of sp³-hybridized carbons (Fsp3) is 0.258. The second kappa shape index (κ2) is 11.5. The van der Waals surface area contributed by atoms with Gasteiger partial charge in [0.15, 0.2) is 0 Å². The van der Waals surface area contributed by atoms with E-state index >= 15 is 0 Å². The Morgan fingerprint density at radius 2 is 1.77 bits per heavy atom. The third-order valence-corrected chi connectivity index (χ3v) is 7.02. The van der Waals surface area contributed by atoms with Crippen LogP contribution in [0.25, 0.3) is 10.9 Å². The molecule has 40 heavy (non-hydrogen) atoms. The van der Waals surface area contributed by atoms with Gasteiger partial charge >= 0.3 is 6.18 Å². The Hall–Kier alpha value is -4.26. The van der Waals surface area contributed by atoms with Crippen LogP contribution in [0.2, 0.25) is 0 Å². The first-order chi connectivity index (χ1) is 19.2. The molecule has 9 heteroatoms. The number of amides is 1. The summed E-state index contributed by atoms with van der Waals surface area (Å²) in [6.45, 7) is 5.13. The van der Waals surface area contributed by atoms with Crippen molar-refractivity contribution < 1.29 is 18.0 Å². The highest BCUT2D eigenvalue weighted by atomic mass is 19.4. The van der Waals surface area contributed by atoms with Crippen LogP contribution in [0.1, 0.15) is 38.2 Å². The number of aromatic nitrogens is 2. The number of carbonyl (C=O) groups is 1. The number of piperazine rings is 1. The molecule has 2 aromatic carbocycles. The minimum absolute atomic E-state index is 0.0852. The van der Waals surface area contributed by atoms with Crippen LogP contribution >= 0.6 is 0 Å². The number of nitrogens with one attached hydrogen (secondary N) is 1. The standard InChI is InChI=1S/C31H28F3N5O/c1-21-5-6-23(16-22(21)7-8-24-18-35-19-29-27(24)4-3-11-36-29)30(40)37-26-10-9-25(28(17-26)31(32,33)34)20-39-14-12-38(2)13-15-39/h3-6,9-11,16-19H,12-15,20H2,1-2H3,(H,37,40). The summed E-state index contributed by atoms with van der Waals surface area (Å²) in [6.07, 6.45) is 0.474. The van der Waals surface area contributed by atoms with Gasteiger partial charge in [-0.05, 0) is 61.5 Å². The van der Waals surface area contributed by atoms with Gasteiger partial charge in [0.05, 0.1) is 22.8 Å². The van der Waals surface area contributed by atoms with Gasteiger partial charge in [-0.2, -0.15) is 13.2 Å². The Bertz CT molecular complexity index is 1610. The monoisotopic (exact) mass is 543 g/mol. The molecule has 1 aliphatic rings. The molecule has 1 saturated heterocycles. The highest BCUT2D eigenvalue weighted by Crippen LogP contribution is 2.34. The van der Waals surface area contributed by atoms with Crippen molar-refractivity contribution in [1.29, 1.82) is 0 Å². The number of likely N-dealkylation sites (N-methyl/N-ethyl adjacent to an activating group) is 1. The first-order valence-electron chi connectivity index (χ1n) is 12.9. The van der Waals surface area contributed by atoms with Crippen LogP contribution in [0, 0.1) is 18.8 Å². The van der Waals surface area contributed by atoms with Crippen molar-refractivity contribution in [1.82, 2.24) is 19.8 Å². The van der Waals surface area contributed by atoms with Crippen molar-refractivity contribution in [2.24, 2.45) is 0 Å². The fourth-order valence-electron chi connectivity index (χ4n) is 4.64. The summed E-state index contributed by atoms with van der Waals surface area (Å²) in [5.41, 5.74) is 2.77. The Morgan fingerprint density at radius 1 is 1.00 bits per heavy atom. The molecule has 0 unspecified atom stereocenters. The zero-order valence-electron chi connectivity index (χ0n) is 22.2. The summed E-state index contributed by atoms with van der Waals surface area (Å²) in [5, 5.41) is 3.49. The number of halogens is 3. The number of rotatable bonds is 4. The van der Waals surface area contributed by atoms with Gasteiger partial charge in [0.25, 0.3) is 5.91 Å². The lowest BCUT2D eigenvalue weighted by atomic mass is 10.0. The van der Waals surface area contributed by atoms with Crippen LogP contribution in [0.5, 0.6) is 0 Å². The average Bonchev–Trinajstić information content (AvgIpc) is 2.94. The van der Waals surface area contributed by atoms with E-state index in [4.69, 9.17) is 0 Å². The maximum atomic E-state index is 14.0. The summed E-state index contributed by atoms with van der Waals surface area (Å²) < 4.78 is 41.9. The summed E-state index contributed by atoms with van der Waals surface area (Å²) in [6, 6.07) is 12.8. The first-order valence-corrected chi connectivity index (χ1v) is 12.9. The summed E-state index contributed by atoms with van der Waals surface area (Å²) >= 11 is 0. The van der Waals surface area contributed by atoms with Crippen molar-refractivity contribution in [3.63, 3.8) is 0 Å². The minimum atomic E-state index is -4.54. The number of hydrogen-bond donors (Lipinski definition) is 1. The molecule has 1 aliphatic heterocycles. The van der Waals surface area contributed by atoms with E-state index in [1.807, 2.05) is 31.0 Å². The van der Waals surface area contributed by atoms with Crippen LogP contribution in [-0.2, 0) is 12.7 Å². The molecule has 1 N–H and O–H groups in total. The van der Waals surface area contributed by atoms with Crippen LogP contribution in [0.4, 0.5) is 18.9 Å². The molecular weight excluding hydrogens is 515 g/mol. The molecule has 2 aromatic heterocycles. The molecule has 1 amide bonds. The molecular formula is C31H28F3N5O. The number of anilines is 1. The molecule has 4 aromatic rings. The molecule has 5 rings (SSSR count). The second-order valence-corrected chi connectivity index (χ2v) is 9.94. The van der Waals surface area contributed by atoms with E-state index in [9.17, 15) is 18.0 Å². The Kier molecular flexibility index (Phi) is 7.83. The minimum Gasteiger partial charge on any atom is -0.322 e. The molecule has 204 valence electrons. The zero-order chi connectivity index (χ0) is 28.3. The summed E-state index contributed by atoms with van der Waals surface area (Å²) in [7, 11) is 2.00. The fourth-order valence-corrected chi connectivity index (χ4v) is 4.64. The second-order valence-electron chi connectivity index (χ2n) is 9.94. The smallest absolute Gasteiger partial charge is 0.322 e. The van der Waals surface area contributed by atoms with Crippen molar-refractivity contribution in [3.8, 4) is 11.8 Å². The molecule has 0 bridgehead atoms. The maximum absolute atomic E-state index is 14.0. The molecule has 0 atom stereocenters. The van der Waals surface area contributed by atoms with E-state index in [0.717, 1.165) is 35.6 Å². The lowest BCUT2D eigenvalue weighted by Crippen LogP contribution is -2.44. The van der Waals surface area contributed by atoms with Crippen molar-refractivity contribution in [3.05, 3.63) is 101 Å². The number of carbonyl (C=O) groups excluding carboxylic acids is 1. The molecule has 6 nitrogen and oxygen atoms in total. The van der Waals surface area contributed by atoms with Crippen molar-refractivity contribution in [2.75, 3.05) is 38.5 Å². The van der Waals surface area contributed by atoms with Gasteiger partial charge in [-0.1, -0.05) is 24.0 Å². The molecule has 0 aliphatic carbocycles. The number of pyridine rings is 2. The van der Waals surface area contributed by atoms with E-state index in [2.05, 4.69) is 32.0 Å². The number of fused-ring (bicyclic) bond motifs is 1. The molecule has 0 radical (unpaired) electrons. The highest BCUT2D eigenvalue weighted by molar-refractivity contribution is 6.04. The van der Waals surface area contributed by atoms with E-state index in [1.54, 1.807) is 36.8 Å². The van der Waals surface area contributed by atoms with Crippen LogP contribution in [0.15, 0.2) is 67.1 Å². The normalized spacial score (nSPS) is 14.5. The van der Waals surface area contributed by atoms with E-state index in [-0.39, 0.29) is 17.8 Å². The summed E-state index contributed by atoms with van der Waals surface area (Å²) in [4.78, 5) is 25.7. The van der Waals surface area contributed by atoms with Crippen LogP contribution < -0.4 is 5.32 Å². The third-order valence-electron chi connectivity index (χ3n) is 7.02. The maximum Gasteiger partial charge on any atom is 0.416 e. The number of alkyl halides is 3. The summed E-state index contributed by atoms with van der Waals surface area (Å²) in [5.74, 6) is 5.70. The molecule has 0 saturated carbocycles. The molecule has 3 heterocycles. The van der Waals surface area contributed by atoms with Crippen molar-refractivity contribution in [2.45, 2.75) is 19.6 Å². The Balaban J connectivity index is 1.36. The largest absolute Gasteiger partial charge is 0.416 e. The van der Waals surface area contributed by atoms with Crippen LogP contribution in [-0.4, -0.2) is 58.9 Å².